The van der Waals surface area contributed by atoms with E-state index in [0.717, 1.165) is 34.5 Å². The maximum atomic E-state index is 12.7. The van der Waals surface area contributed by atoms with E-state index in [1.165, 1.54) is 12.1 Å². The summed E-state index contributed by atoms with van der Waals surface area (Å²) in [6.45, 7) is 1.31. The molecule has 0 bridgehead atoms. The number of nitrogens with one attached hydrogen (secondary N) is 1. The van der Waals surface area contributed by atoms with Crippen LogP contribution in [0.5, 0.6) is 0 Å². The number of hydrazone groups is 1. The van der Waals surface area contributed by atoms with Crippen LogP contribution in [0.3, 0.4) is 0 Å². The van der Waals surface area contributed by atoms with Gasteiger partial charge in [-0.05, 0) is 36.8 Å². The van der Waals surface area contributed by atoms with E-state index in [1.54, 1.807) is 24.3 Å². The number of nitrogens with zero attached hydrogens (tertiary/aromatic N) is 2. The molecule has 0 aliphatic rings. The van der Waals surface area contributed by atoms with Crippen molar-refractivity contribution in [2.45, 2.75) is 13.1 Å². The molecule has 150 valence electrons. The van der Waals surface area contributed by atoms with Gasteiger partial charge in [0.2, 0.25) is 10.0 Å². The van der Waals surface area contributed by atoms with Crippen LogP contribution in [0.15, 0.2) is 53.6 Å². The molecule has 0 aliphatic carbocycles. The highest BCUT2D eigenvalue weighted by Crippen LogP contribution is 2.29. The molecule has 1 N–H and O–H groups in total. The van der Waals surface area contributed by atoms with Gasteiger partial charge in [0.1, 0.15) is 6.54 Å². The number of hydrogen-bond acceptors (Lipinski definition) is 4. The number of sulfonamides is 1. The van der Waals surface area contributed by atoms with E-state index in [2.05, 4.69) is 10.5 Å². The summed E-state index contributed by atoms with van der Waals surface area (Å²) in [7, 11) is -3.73. The molecule has 0 fully saturated rings. The number of carbonyl (C=O) groups excluding carboxylic acids is 1. The highest BCUT2D eigenvalue weighted by atomic mass is 32.2. The summed E-state index contributed by atoms with van der Waals surface area (Å²) in [6.07, 6.45) is -2.48. The number of carbonyl (C=O) groups is 1. The van der Waals surface area contributed by atoms with E-state index >= 15 is 0 Å². The molecule has 0 aliphatic heterocycles. The summed E-state index contributed by atoms with van der Waals surface area (Å²) >= 11 is 0. The van der Waals surface area contributed by atoms with Crippen molar-refractivity contribution in [3.05, 3.63) is 65.2 Å². The van der Waals surface area contributed by atoms with E-state index in [9.17, 15) is 26.4 Å². The molecule has 2 aromatic rings. The van der Waals surface area contributed by atoms with Crippen molar-refractivity contribution in [3.8, 4) is 0 Å². The number of benzene rings is 2. The van der Waals surface area contributed by atoms with Gasteiger partial charge in [-0.2, -0.15) is 18.3 Å². The highest BCUT2D eigenvalue weighted by Gasteiger charge is 2.30. The molecule has 0 radical (unpaired) electrons. The number of alkyl halides is 3. The summed E-state index contributed by atoms with van der Waals surface area (Å²) < 4.78 is 62.9. The summed E-state index contributed by atoms with van der Waals surface area (Å²) in [4.78, 5) is 12.0. The van der Waals surface area contributed by atoms with Crippen molar-refractivity contribution in [2.24, 2.45) is 5.10 Å². The lowest BCUT2D eigenvalue weighted by atomic mass is 10.1. The molecule has 28 heavy (non-hydrogen) atoms. The quantitative estimate of drug-likeness (QED) is 0.584. The first-order valence-corrected chi connectivity index (χ1v) is 9.85. The lowest BCUT2D eigenvalue weighted by Crippen LogP contribution is -2.39. The fourth-order valence-corrected chi connectivity index (χ4v) is 3.11. The van der Waals surface area contributed by atoms with Crippen LogP contribution in [0.2, 0.25) is 0 Å². The van der Waals surface area contributed by atoms with Gasteiger partial charge < -0.3 is 0 Å². The largest absolute Gasteiger partial charge is 0.416 e. The molecule has 6 nitrogen and oxygen atoms in total. The van der Waals surface area contributed by atoms with Gasteiger partial charge in [0, 0.05) is 0 Å². The predicted molar refractivity (Wildman–Crippen MR) is 101 cm³/mol. The molecule has 2 aromatic carbocycles. The number of aryl methyl sites for hydroxylation is 1. The van der Waals surface area contributed by atoms with E-state index < -0.39 is 34.2 Å². The van der Waals surface area contributed by atoms with Crippen LogP contribution in [0.25, 0.3) is 0 Å². The third-order valence-corrected chi connectivity index (χ3v) is 4.77. The minimum atomic E-state index is -4.49. The Morgan fingerprint density at radius 1 is 1.18 bits per heavy atom. The second-order valence-electron chi connectivity index (χ2n) is 6.02. The Bertz CT molecular complexity index is 972. The van der Waals surface area contributed by atoms with Crippen molar-refractivity contribution in [1.29, 1.82) is 0 Å². The monoisotopic (exact) mass is 413 g/mol. The Kier molecular flexibility index (Phi) is 6.45. The zero-order chi connectivity index (χ0) is 20.9. The standard InChI is InChI=1S/C18H18F3N3O3S/c1-13-6-8-16(9-7-13)24(28(2,26)27)12-17(25)23-22-11-14-4-3-5-15(10-14)18(19,20)21/h3-11H,12H2,1-2H3,(H,23,25)/b22-11-. The van der Waals surface area contributed by atoms with Gasteiger partial charge in [0.05, 0.1) is 23.7 Å². The molecular formula is C18H18F3N3O3S. The average molecular weight is 413 g/mol. The SMILES string of the molecule is Cc1ccc(N(CC(=O)N/N=C\c2cccc(C(F)(F)F)c2)S(C)(=O)=O)cc1. The Morgan fingerprint density at radius 2 is 1.82 bits per heavy atom. The van der Waals surface area contributed by atoms with Crippen LogP contribution < -0.4 is 9.73 Å². The number of halogens is 3. The molecule has 0 aromatic heterocycles. The zero-order valence-electron chi connectivity index (χ0n) is 15.1. The van der Waals surface area contributed by atoms with E-state index in [4.69, 9.17) is 0 Å². The maximum absolute atomic E-state index is 12.7. The van der Waals surface area contributed by atoms with Gasteiger partial charge in [0.15, 0.2) is 0 Å². The Morgan fingerprint density at radius 3 is 2.39 bits per heavy atom. The molecule has 0 atom stereocenters. The molecular weight excluding hydrogens is 395 g/mol. The number of rotatable bonds is 6. The summed E-state index contributed by atoms with van der Waals surface area (Å²) in [5, 5.41) is 3.59. The molecule has 0 heterocycles. The van der Waals surface area contributed by atoms with Crippen molar-refractivity contribution in [2.75, 3.05) is 17.1 Å². The van der Waals surface area contributed by atoms with Gasteiger partial charge in [0.25, 0.3) is 5.91 Å². The summed E-state index contributed by atoms with van der Waals surface area (Å²) in [6, 6.07) is 10.9. The van der Waals surface area contributed by atoms with Crippen LogP contribution in [-0.4, -0.2) is 33.3 Å². The topological polar surface area (TPSA) is 78.8 Å². The number of hydrogen-bond donors (Lipinski definition) is 1. The van der Waals surface area contributed by atoms with Crippen LogP contribution in [-0.2, 0) is 21.0 Å². The van der Waals surface area contributed by atoms with E-state index in [-0.39, 0.29) is 5.56 Å². The lowest BCUT2D eigenvalue weighted by molar-refractivity contribution is -0.137. The average Bonchev–Trinajstić information content (AvgIpc) is 2.59. The predicted octanol–water partition coefficient (Wildman–Crippen LogP) is 2.93. The van der Waals surface area contributed by atoms with Crippen LogP contribution in [0.1, 0.15) is 16.7 Å². The fraction of sp³-hybridized carbons (Fsp3) is 0.222. The Balaban J connectivity index is 2.07. The molecule has 2 rings (SSSR count). The smallest absolute Gasteiger partial charge is 0.271 e. The third kappa shape index (κ3) is 6.08. The van der Waals surface area contributed by atoms with Gasteiger partial charge in [-0.3, -0.25) is 9.10 Å². The van der Waals surface area contributed by atoms with Crippen LogP contribution in [0, 0.1) is 6.92 Å². The second kappa shape index (κ2) is 8.42. The minimum Gasteiger partial charge on any atom is -0.271 e. The maximum Gasteiger partial charge on any atom is 0.416 e. The van der Waals surface area contributed by atoms with E-state index in [1.807, 2.05) is 6.92 Å². The molecule has 1 amide bonds. The zero-order valence-corrected chi connectivity index (χ0v) is 15.9. The number of anilines is 1. The van der Waals surface area contributed by atoms with Crippen molar-refractivity contribution < 1.29 is 26.4 Å². The summed E-state index contributed by atoms with van der Waals surface area (Å²) in [5.74, 6) is -0.741. The second-order valence-corrected chi connectivity index (χ2v) is 7.93. The van der Waals surface area contributed by atoms with Gasteiger partial charge in [-0.15, -0.1) is 0 Å². The van der Waals surface area contributed by atoms with Gasteiger partial charge in [-0.1, -0.05) is 29.8 Å². The van der Waals surface area contributed by atoms with Crippen molar-refractivity contribution in [3.63, 3.8) is 0 Å². The first-order valence-electron chi connectivity index (χ1n) is 8.00. The van der Waals surface area contributed by atoms with Crippen LogP contribution >= 0.6 is 0 Å². The molecule has 0 unspecified atom stereocenters. The van der Waals surface area contributed by atoms with E-state index in [0.29, 0.717) is 5.69 Å². The molecule has 0 saturated carbocycles. The van der Waals surface area contributed by atoms with Gasteiger partial charge >= 0.3 is 6.18 Å². The number of amides is 1. The minimum absolute atomic E-state index is 0.133. The summed E-state index contributed by atoms with van der Waals surface area (Å²) in [5.41, 5.74) is 2.64. The van der Waals surface area contributed by atoms with Gasteiger partial charge in [-0.25, -0.2) is 13.8 Å². The third-order valence-electron chi connectivity index (χ3n) is 3.63. The molecule has 0 spiro atoms. The normalized spacial score (nSPS) is 12.2. The first kappa shape index (κ1) is 21.4. The van der Waals surface area contributed by atoms with Crippen LogP contribution in [0.4, 0.5) is 18.9 Å². The van der Waals surface area contributed by atoms with Crippen molar-refractivity contribution >= 4 is 27.8 Å². The first-order chi connectivity index (χ1) is 13.0. The Labute approximate surface area is 160 Å². The lowest BCUT2D eigenvalue weighted by Gasteiger charge is -2.21. The molecule has 0 saturated heterocycles. The fourth-order valence-electron chi connectivity index (χ4n) is 2.25. The van der Waals surface area contributed by atoms with Crippen molar-refractivity contribution in [1.82, 2.24) is 5.43 Å². The highest BCUT2D eigenvalue weighted by molar-refractivity contribution is 7.92. The Hall–Kier alpha value is -2.88. The molecule has 10 heteroatoms.